The number of likely N-dealkylation sites (tertiary alicyclic amines) is 2. The van der Waals surface area contributed by atoms with Gasteiger partial charge in [0.15, 0.2) is 0 Å². The van der Waals surface area contributed by atoms with Crippen LogP contribution < -0.4 is 5.32 Å². The molecule has 5 heterocycles. The summed E-state index contributed by atoms with van der Waals surface area (Å²) in [5.41, 5.74) is 8.82. The molecule has 7 atom stereocenters. The van der Waals surface area contributed by atoms with Gasteiger partial charge in [-0.3, -0.25) is 9.59 Å². The molecule has 3 amide bonds. The predicted octanol–water partition coefficient (Wildman–Crippen LogP) is 8.81. The van der Waals surface area contributed by atoms with E-state index in [0.29, 0.717) is 12.5 Å². The van der Waals surface area contributed by atoms with E-state index in [1.165, 1.54) is 19.1 Å². The van der Waals surface area contributed by atoms with Crippen LogP contribution in [0.15, 0.2) is 48.7 Å². The zero-order valence-corrected chi connectivity index (χ0v) is 36.8. The Kier molecular flexibility index (Phi) is 11.3. The minimum Gasteiger partial charge on any atom is -0.453 e. The minimum absolute atomic E-state index is 0.0147. The summed E-state index contributed by atoms with van der Waals surface area (Å²) in [6, 6.07) is 14.6. The fourth-order valence-corrected chi connectivity index (χ4v) is 11.1. The topological polar surface area (TPSA) is 146 Å². The lowest BCUT2D eigenvalue weighted by atomic mass is 9.80. The number of ether oxygens (including phenoxy) is 2. The summed E-state index contributed by atoms with van der Waals surface area (Å²) < 4.78 is 10.9. The Labute approximate surface area is 360 Å². The van der Waals surface area contributed by atoms with Crippen LogP contribution in [0, 0.1) is 29.1 Å². The average Bonchev–Trinajstić information content (AvgIpc) is 4.09. The molecule has 5 aliphatic rings. The fraction of sp³-hybridized carbons (Fsp3) is 0.571. The van der Waals surface area contributed by atoms with E-state index in [4.69, 9.17) is 19.4 Å². The van der Waals surface area contributed by atoms with E-state index in [-0.39, 0.29) is 53.1 Å². The molecule has 4 fully saturated rings. The van der Waals surface area contributed by atoms with Gasteiger partial charge in [0.05, 0.1) is 49.1 Å². The number of methoxy groups -OCH3 is 1. The van der Waals surface area contributed by atoms with Crippen molar-refractivity contribution in [2.24, 2.45) is 29.1 Å². The van der Waals surface area contributed by atoms with Crippen molar-refractivity contribution in [2.75, 3.05) is 26.9 Å². The Bertz CT molecular complexity index is 2250. The fourth-order valence-electron chi connectivity index (χ4n) is 11.1. The lowest BCUT2D eigenvalue weighted by Gasteiger charge is -2.36. The van der Waals surface area contributed by atoms with Crippen LogP contribution in [0.25, 0.3) is 33.6 Å². The molecule has 3 aliphatic heterocycles. The molecule has 12 heteroatoms. The summed E-state index contributed by atoms with van der Waals surface area (Å²) in [5.74, 6) is 2.39. The van der Waals surface area contributed by atoms with Gasteiger partial charge in [0, 0.05) is 36.1 Å². The van der Waals surface area contributed by atoms with Crippen LogP contribution in [0.4, 0.5) is 4.79 Å². The molecule has 0 unspecified atom stereocenters. The quantitative estimate of drug-likeness (QED) is 0.153. The predicted molar refractivity (Wildman–Crippen MR) is 234 cm³/mol. The third kappa shape index (κ3) is 7.78. The first-order valence-electron chi connectivity index (χ1n) is 22.9. The number of aromatic amines is 2. The molecule has 12 nitrogen and oxygen atoms in total. The first kappa shape index (κ1) is 41.4. The number of benzene rings is 2. The lowest BCUT2D eigenvalue weighted by Crippen LogP contribution is -2.53. The highest BCUT2D eigenvalue weighted by Gasteiger charge is 2.50. The Morgan fingerprint density at radius 3 is 2.39 bits per heavy atom. The van der Waals surface area contributed by atoms with Crippen molar-refractivity contribution < 1.29 is 23.9 Å². The second-order valence-electron chi connectivity index (χ2n) is 19.4. The SMILES string of the molecule is COC(=O)N[C@H](C(=O)N1[C@H](c2nc3c([nH]2)-c2ccc(-c4ccc(-c5cnc([C@@H]6C[C@@]7(CCCOC7)CN6C(=O)[C@@H](C)C(C)C)[nH]5)cc4)cc2CC3)C[C@@H]2CCCC[C@@H]21)C(C)C. The monoisotopic (exact) mass is 829 g/mol. The molecule has 324 valence electrons. The Morgan fingerprint density at radius 2 is 1.66 bits per heavy atom. The Morgan fingerprint density at radius 1 is 0.885 bits per heavy atom. The highest BCUT2D eigenvalue weighted by molar-refractivity contribution is 5.87. The molecule has 2 aliphatic carbocycles. The highest BCUT2D eigenvalue weighted by Crippen LogP contribution is 2.49. The van der Waals surface area contributed by atoms with E-state index in [2.05, 4.69) is 81.4 Å². The van der Waals surface area contributed by atoms with Crippen molar-refractivity contribution in [3.8, 4) is 33.6 Å². The number of carbonyl (C=O) groups is 3. The smallest absolute Gasteiger partial charge is 0.407 e. The largest absolute Gasteiger partial charge is 0.453 e. The van der Waals surface area contributed by atoms with Gasteiger partial charge in [0.25, 0.3) is 0 Å². The second-order valence-corrected chi connectivity index (χ2v) is 19.4. The van der Waals surface area contributed by atoms with Crippen LogP contribution in [0.2, 0.25) is 0 Å². The van der Waals surface area contributed by atoms with Crippen LogP contribution in [0.3, 0.4) is 0 Å². The third-order valence-corrected chi connectivity index (χ3v) is 14.9. The maximum atomic E-state index is 14.4. The summed E-state index contributed by atoms with van der Waals surface area (Å²) >= 11 is 0. The number of hydrogen-bond acceptors (Lipinski definition) is 7. The lowest BCUT2D eigenvalue weighted by molar-refractivity contribution is -0.139. The summed E-state index contributed by atoms with van der Waals surface area (Å²) in [6.07, 6.45) is 11.2. The van der Waals surface area contributed by atoms with Gasteiger partial charge in [-0.25, -0.2) is 14.8 Å². The van der Waals surface area contributed by atoms with Gasteiger partial charge in [-0.15, -0.1) is 0 Å². The molecule has 4 aromatic rings. The van der Waals surface area contributed by atoms with E-state index < -0.39 is 12.1 Å². The summed E-state index contributed by atoms with van der Waals surface area (Å²) in [5, 5.41) is 2.83. The maximum Gasteiger partial charge on any atom is 0.407 e. The van der Waals surface area contributed by atoms with E-state index in [1.807, 2.05) is 27.0 Å². The van der Waals surface area contributed by atoms with Crippen LogP contribution in [-0.4, -0.2) is 86.6 Å². The molecule has 61 heavy (non-hydrogen) atoms. The number of amides is 3. The molecule has 2 aromatic heterocycles. The Balaban J connectivity index is 0.933. The molecule has 1 spiro atoms. The number of rotatable bonds is 9. The molecule has 3 N–H and O–H groups in total. The number of fused-ring (bicyclic) bond motifs is 4. The van der Waals surface area contributed by atoms with E-state index in [9.17, 15) is 14.4 Å². The minimum atomic E-state index is -0.673. The number of aromatic nitrogens is 4. The number of imidazole rings is 2. The van der Waals surface area contributed by atoms with Crippen molar-refractivity contribution in [1.29, 1.82) is 0 Å². The standard InChI is InChI=1S/C49H63N7O5/c1-28(2)30(5)46(57)55-26-49(20-9-21-61-27-49)24-41(55)44-50-25-38(52-44)32-14-12-31(13-15-32)33-16-18-36-34(22-33)17-19-37-43(36)53-45(51-37)40-23-35-10-7-8-11-39(35)56(40)47(58)42(29(3)4)54-48(59)60-6/h12-16,18,22,25,28-30,35,39-42H,7-11,17,19-21,23-24,26-27H2,1-6H3,(H,50,52)(H,51,53)(H,54,59)/t30-,35-,39-,40-,41-,42-,49-/m0/s1. The van der Waals surface area contributed by atoms with Gasteiger partial charge in [0.2, 0.25) is 11.8 Å². The highest BCUT2D eigenvalue weighted by atomic mass is 16.5. The van der Waals surface area contributed by atoms with Gasteiger partial charge in [0.1, 0.15) is 17.7 Å². The van der Waals surface area contributed by atoms with E-state index >= 15 is 0 Å². The first-order chi connectivity index (χ1) is 29.4. The summed E-state index contributed by atoms with van der Waals surface area (Å²) in [6.45, 7) is 12.4. The summed E-state index contributed by atoms with van der Waals surface area (Å²) in [4.78, 5) is 62.1. The van der Waals surface area contributed by atoms with Crippen molar-refractivity contribution >= 4 is 17.9 Å². The van der Waals surface area contributed by atoms with Crippen LogP contribution >= 0.6 is 0 Å². The number of aryl methyl sites for hydroxylation is 2. The van der Waals surface area contributed by atoms with Crippen molar-refractivity contribution in [3.05, 3.63) is 71.6 Å². The Hall–Kier alpha value is -4.97. The van der Waals surface area contributed by atoms with Gasteiger partial charge in [-0.2, -0.15) is 0 Å². The molecule has 9 rings (SSSR count). The average molecular weight is 830 g/mol. The van der Waals surface area contributed by atoms with E-state index in [0.717, 1.165) is 122 Å². The number of carbonyl (C=O) groups excluding carboxylic acids is 3. The number of hydrogen-bond donors (Lipinski definition) is 3. The molecule has 1 saturated carbocycles. The van der Waals surface area contributed by atoms with Crippen LogP contribution in [-0.2, 0) is 31.9 Å². The number of H-pyrrole nitrogens is 2. The normalized spacial score (nSPS) is 25.6. The first-order valence-corrected chi connectivity index (χ1v) is 22.9. The maximum absolute atomic E-state index is 14.4. The van der Waals surface area contributed by atoms with Gasteiger partial charge in [-0.05, 0) is 91.4 Å². The van der Waals surface area contributed by atoms with Crippen LogP contribution in [0.1, 0.15) is 121 Å². The molecule has 3 saturated heterocycles. The number of nitrogens with one attached hydrogen (secondary N) is 3. The molecular weight excluding hydrogens is 767 g/mol. The molecule has 0 bridgehead atoms. The van der Waals surface area contributed by atoms with Crippen LogP contribution in [0.5, 0.6) is 0 Å². The third-order valence-electron chi connectivity index (χ3n) is 14.9. The van der Waals surface area contributed by atoms with Gasteiger partial charge in [-0.1, -0.05) is 89.9 Å². The zero-order chi connectivity index (χ0) is 42.6. The van der Waals surface area contributed by atoms with Crippen molar-refractivity contribution in [2.45, 2.75) is 123 Å². The van der Waals surface area contributed by atoms with Gasteiger partial charge < -0.3 is 34.6 Å². The van der Waals surface area contributed by atoms with Crippen molar-refractivity contribution in [1.82, 2.24) is 35.1 Å². The molecule has 2 aromatic carbocycles. The second kappa shape index (κ2) is 16.7. The van der Waals surface area contributed by atoms with Crippen molar-refractivity contribution in [3.63, 3.8) is 0 Å². The van der Waals surface area contributed by atoms with E-state index in [1.54, 1.807) is 0 Å². The summed E-state index contributed by atoms with van der Waals surface area (Å²) in [7, 11) is 1.33. The zero-order valence-electron chi connectivity index (χ0n) is 36.8. The van der Waals surface area contributed by atoms with Gasteiger partial charge >= 0.3 is 6.09 Å². The number of alkyl carbamates (subject to hydrolysis) is 1. The molecular formula is C49H63N7O5. The number of nitrogens with zero attached hydrogens (tertiary/aromatic N) is 4. The molecule has 0 radical (unpaired) electrons.